The van der Waals surface area contributed by atoms with Crippen molar-refractivity contribution >= 4 is 11.8 Å². The molecule has 2 rings (SSSR count). The number of anilines is 1. The summed E-state index contributed by atoms with van der Waals surface area (Å²) in [4.78, 5) is 17.5. The molecule has 1 aliphatic rings. The van der Waals surface area contributed by atoms with Gasteiger partial charge < -0.3 is 15.1 Å². The summed E-state index contributed by atoms with van der Waals surface area (Å²) in [5, 5.41) is 18.6. The van der Waals surface area contributed by atoms with Gasteiger partial charge in [-0.2, -0.15) is 0 Å². The molecule has 5 heteroatoms. The summed E-state index contributed by atoms with van der Waals surface area (Å²) in [6.07, 6.45) is 2.07. The minimum Gasteiger partial charge on any atom is -0.478 e. The normalized spacial score (nSPS) is 19.2. The molecule has 1 atom stereocenters. The molecule has 0 spiro atoms. The van der Waals surface area contributed by atoms with Gasteiger partial charge in [-0.25, -0.2) is 9.78 Å². The summed E-state index contributed by atoms with van der Waals surface area (Å²) in [6, 6.07) is 3.21. The van der Waals surface area contributed by atoms with Gasteiger partial charge in [-0.15, -0.1) is 0 Å². The van der Waals surface area contributed by atoms with Crippen LogP contribution in [0.15, 0.2) is 12.1 Å². The molecule has 0 bridgehead atoms. The van der Waals surface area contributed by atoms with Crippen LogP contribution >= 0.6 is 0 Å². The zero-order valence-electron chi connectivity index (χ0n) is 10.5. The van der Waals surface area contributed by atoms with Crippen molar-refractivity contribution in [2.75, 3.05) is 18.0 Å². The second-order valence-corrected chi connectivity index (χ2v) is 4.65. The SMILES string of the molecule is CCCc1cc(C(=O)O)cc(N2CCC(O)C2)n1. The highest BCUT2D eigenvalue weighted by atomic mass is 16.4. The van der Waals surface area contributed by atoms with E-state index >= 15 is 0 Å². The number of carboxylic acids is 1. The standard InChI is InChI=1S/C13H18N2O3/c1-2-3-10-6-9(13(17)18)7-12(14-10)15-5-4-11(16)8-15/h6-7,11,16H,2-5,8H2,1H3,(H,17,18). The molecule has 0 aromatic carbocycles. The molecular weight excluding hydrogens is 232 g/mol. The quantitative estimate of drug-likeness (QED) is 0.842. The Bertz CT molecular complexity index is 448. The molecule has 2 N–H and O–H groups in total. The average molecular weight is 250 g/mol. The van der Waals surface area contributed by atoms with Gasteiger partial charge in [-0.05, 0) is 25.0 Å². The Morgan fingerprint density at radius 3 is 2.89 bits per heavy atom. The van der Waals surface area contributed by atoms with Gasteiger partial charge in [-0.3, -0.25) is 0 Å². The highest BCUT2D eigenvalue weighted by molar-refractivity contribution is 5.88. The van der Waals surface area contributed by atoms with Gasteiger partial charge in [0, 0.05) is 18.8 Å². The first-order valence-electron chi connectivity index (χ1n) is 6.27. The van der Waals surface area contributed by atoms with Crippen molar-refractivity contribution in [3.8, 4) is 0 Å². The number of hydrogen-bond acceptors (Lipinski definition) is 4. The number of hydrogen-bond donors (Lipinski definition) is 2. The molecule has 1 saturated heterocycles. The Morgan fingerprint density at radius 1 is 1.56 bits per heavy atom. The maximum Gasteiger partial charge on any atom is 0.335 e. The third-order valence-corrected chi connectivity index (χ3v) is 3.11. The third kappa shape index (κ3) is 2.79. The number of aromatic nitrogens is 1. The lowest BCUT2D eigenvalue weighted by atomic mass is 10.1. The van der Waals surface area contributed by atoms with E-state index in [1.54, 1.807) is 12.1 Å². The molecule has 0 radical (unpaired) electrons. The fourth-order valence-electron chi connectivity index (χ4n) is 2.19. The van der Waals surface area contributed by atoms with E-state index in [1.807, 2.05) is 11.8 Å². The number of β-amino-alcohol motifs (C(OH)–C–C–N with tert-alkyl or cyclic N) is 1. The first kappa shape index (κ1) is 12.8. The lowest BCUT2D eigenvalue weighted by Crippen LogP contribution is -2.23. The molecule has 0 saturated carbocycles. The molecule has 18 heavy (non-hydrogen) atoms. The molecule has 1 unspecified atom stereocenters. The van der Waals surface area contributed by atoms with Gasteiger partial charge in [0.25, 0.3) is 0 Å². The molecule has 5 nitrogen and oxygen atoms in total. The lowest BCUT2D eigenvalue weighted by molar-refractivity contribution is 0.0696. The first-order chi connectivity index (χ1) is 8.60. The van der Waals surface area contributed by atoms with E-state index in [4.69, 9.17) is 5.11 Å². The Labute approximate surface area is 106 Å². The number of aliphatic hydroxyl groups is 1. The van der Waals surface area contributed by atoms with Crippen molar-refractivity contribution in [2.24, 2.45) is 0 Å². The van der Waals surface area contributed by atoms with E-state index in [0.29, 0.717) is 18.8 Å². The van der Waals surface area contributed by atoms with Crippen LogP contribution in [0.1, 0.15) is 35.8 Å². The minimum absolute atomic E-state index is 0.268. The fourth-order valence-corrected chi connectivity index (χ4v) is 2.19. The number of aromatic carboxylic acids is 1. The summed E-state index contributed by atoms with van der Waals surface area (Å²) in [6.45, 7) is 3.29. The van der Waals surface area contributed by atoms with Crippen LogP contribution in [0, 0.1) is 0 Å². The zero-order chi connectivity index (χ0) is 13.1. The van der Waals surface area contributed by atoms with E-state index in [1.165, 1.54) is 0 Å². The number of nitrogens with zero attached hydrogens (tertiary/aromatic N) is 2. The molecule has 2 heterocycles. The van der Waals surface area contributed by atoms with Crippen molar-refractivity contribution in [3.63, 3.8) is 0 Å². The third-order valence-electron chi connectivity index (χ3n) is 3.11. The van der Waals surface area contributed by atoms with Crippen LogP contribution in [0.3, 0.4) is 0 Å². The van der Waals surface area contributed by atoms with Gasteiger partial charge in [0.15, 0.2) is 0 Å². The second kappa shape index (κ2) is 5.35. The smallest absolute Gasteiger partial charge is 0.335 e. The predicted octanol–water partition coefficient (Wildman–Crippen LogP) is 1.30. The number of rotatable bonds is 4. The van der Waals surface area contributed by atoms with Crippen LogP contribution in [0.25, 0.3) is 0 Å². The molecule has 1 aliphatic heterocycles. The van der Waals surface area contributed by atoms with Crippen molar-refractivity contribution in [1.29, 1.82) is 0 Å². The van der Waals surface area contributed by atoms with Crippen LogP contribution in [0.2, 0.25) is 0 Å². The van der Waals surface area contributed by atoms with Crippen LogP contribution in [0.5, 0.6) is 0 Å². The zero-order valence-corrected chi connectivity index (χ0v) is 10.5. The highest BCUT2D eigenvalue weighted by Gasteiger charge is 2.22. The molecule has 1 aromatic rings. The summed E-state index contributed by atoms with van der Waals surface area (Å²) in [7, 11) is 0. The predicted molar refractivity (Wildman–Crippen MR) is 68.0 cm³/mol. The van der Waals surface area contributed by atoms with E-state index in [2.05, 4.69) is 4.98 Å². The Morgan fingerprint density at radius 2 is 2.33 bits per heavy atom. The van der Waals surface area contributed by atoms with Gasteiger partial charge in [-0.1, -0.05) is 13.3 Å². The number of pyridine rings is 1. The van der Waals surface area contributed by atoms with E-state index in [0.717, 1.165) is 25.1 Å². The summed E-state index contributed by atoms with van der Waals surface area (Å²) in [5.74, 6) is -0.273. The van der Waals surface area contributed by atoms with Crippen LogP contribution in [0.4, 0.5) is 5.82 Å². The Hall–Kier alpha value is -1.62. The van der Waals surface area contributed by atoms with Gasteiger partial charge in [0.05, 0.1) is 11.7 Å². The van der Waals surface area contributed by atoms with E-state index in [-0.39, 0.29) is 11.7 Å². The molecule has 0 amide bonds. The van der Waals surface area contributed by atoms with Gasteiger partial charge >= 0.3 is 5.97 Å². The second-order valence-electron chi connectivity index (χ2n) is 4.65. The highest BCUT2D eigenvalue weighted by Crippen LogP contribution is 2.21. The lowest BCUT2D eigenvalue weighted by Gasteiger charge is -2.18. The number of carbonyl (C=O) groups is 1. The van der Waals surface area contributed by atoms with Crippen molar-refractivity contribution in [1.82, 2.24) is 4.98 Å². The largest absolute Gasteiger partial charge is 0.478 e. The minimum atomic E-state index is -0.934. The van der Waals surface area contributed by atoms with Crippen LogP contribution < -0.4 is 4.90 Å². The molecule has 1 fully saturated rings. The molecular formula is C13H18N2O3. The molecule has 1 aromatic heterocycles. The fraction of sp³-hybridized carbons (Fsp3) is 0.538. The van der Waals surface area contributed by atoms with E-state index < -0.39 is 5.97 Å². The maximum atomic E-state index is 11.1. The summed E-state index contributed by atoms with van der Waals surface area (Å²) < 4.78 is 0. The number of carboxylic acid groups (broad SMARTS) is 1. The van der Waals surface area contributed by atoms with Crippen molar-refractivity contribution in [2.45, 2.75) is 32.3 Å². The Balaban J connectivity index is 2.30. The van der Waals surface area contributed by atoms with Gasteiger partial charge in [0.1, 0.15) is 5.82 Å². The van der Waals surface area contributed by atoms with E-state index in [9.17, 15) is 9.90 Å². The van der Waals surface area contributed by atoms with Crippen LogP contribution in [-0.2, 0) is 6.42 Å². The first-order valence-corrected chi connectivity index (χ1v) is 6.27. The molecule has 98 valence electrons. The number of aryl methyl sites for hydroxylation is 1. The number of aliphatic hydroxyl groups excluding tert-OH is 1. The van der Waals surface area contributed by atoms with Crippen molar-refractivity contribution < 1.29 is 15.0 Å². The topological polar surface area (TPSA) is 73.7 Å². The summed E-state index contributed by atoms with van der Waals surface area (Å²) in [5.41, 5.74) is 1.07. The van der Waals surface area contributed by atoms with Crippen molar-refractivity contribution in [3.05, 3.63) is 23.4 Å². The monoisotopic (exact) mass is 250 g/mol. The van der Waals surface area contributed by atoms with Gasteiger partial charge in [0.2, 0.25) is 0 Å². The maximum absolute atomic E-state index is 11.1. The average Bonchev–Trinajstić information content (AvgIpc) is 2.76. The Kier molecular flexibility index (Phi) is 3.81. The van der Waals surface area contributed by atoms with Crippen LogP contribution in [-0.4, -0.2) is 40.4 Å². The molecule has 0 aliphatic carbocycles. The summed E-state index contributed by atoms with van der Waals surface area (Å²) >= 11 is 0.